The van der Waals surface area contributed by atoms with Crippen LogP contribution in [0.1, 0.15) is 11.1 Å². The molecule has 0 aliphatic heterocycles. The molecule has 0 saturated carbocycles. The molecule has 0 heterocycles. The highest BCUT2D eigenvalue weighted by molar-refractivity contribution is 6.33. The molecule has 0 saturated heterocycles. The minimum atomic E-state index is -1.25. The maximum atomic E-state index is 12.8. The molecule has 0 radical (unpaired) electrons. The summed E-state index contributed by atoms with van der Waals surface area (Å²) in [4.78, 5) is 10.0. The summed E-state index contributed by atoms with van der Waals surface area (Å²) in [5.74, 6) is -0.355. The van der Waals surface area contributed by atoms with E-state index in [1.807, 2.05) is 6.07 Å². The summed E-state index contributed by atoms with van der Waals surface area (Å²) in [7, 11) is 0. The number of halogens is 2. The molecule has 17 heavy (non-hydrogen) atoms. The van der Waals surface area contributed by atoms with Crippen LogP contribution in [0.3, 0.4) is 0 Å². The Bertz CT molecular complexity index is 510. The van der Waals surface area contributed by atoms with Crippen LogP contribution in [0.25, 0.3) is 0 Å². The summed E-state index contributed by atoms with van der Waals surface area (Å²) in [6, 6.07) is 14.6. The first-order chi connectivity index (χ1) is 8.16. The summed E-state index contributed by atoms with van der Waals surface area (Å²) in [6.07, 6.45) is 0.664. The van der Waals surface area contributed by atoms with Gasteiger partial charge in [-0.15, -0.1) is 11.6 Å². The molecular formula is C14H10ClFO. The largest absolute Gasteiger partial charge is 0.301 e. The predicted molar refractivity (Wildman–Crippen MR) is 65.5 cm³/mol. The number of alkyl halides is 1. The molecule has 1 atom stereocenters. The first-order valence-corrected chi connectivity index (χ1v) is 5.51. The Morgan fingerprint density at radius 3 is 2.00 bits per heavy atom. The van der Waals surface area contributed by atoms with E-state index in [0.717, 1.165) is 0 Å². The number of hydrogen-bond donors (Lipinski definition) is 0. The van der Waals surface area contributed by atoms with E-state index in [4.69, 9.17) is 11.6 Å². The Hall–Kier alpha value is -1.67. The monoisotopic (exact) mass is 248 g/mol. The van der Waals surface area contributed by atoms with Crippen LogP contribution in [0.15, 0.2) is 54.6 Å². The van der Waals surface area contributed by atoms with Crippen molar-refractivity contribution in [1.29, 1.82) is 0 Å². The summed E-state index contributed by atoms with van der Waals surface area (Å²) < 4.78 is 12.8. The topological polar surface area (TPSA) is 17.1 Å². The first kappa shape index (κ1) is 11.8. The van der Waals surface area contributed by atoms with Gasteiger partial charge in [0.25, 0.3) is 0 Å². The average Bonchev–Trinajstić information content (AvgIpc) is 2.40. The lowest BCUT2D eigenvalue weighted by Crippen LogP contribution is -2.22. The van der Waals surface area contributed by atoms with Gasteiger partial charge in [-0.25, -0.2) is 4.39 Å². The zero-order valence-electron chi connectivity index (χ0n) is 8.94. The fourth-order valence-corrected chi connectivity index (χ4v) is 1.93. The van der Waals surface area contributed by atoms with Crippen molar-refractivity contribution >= 4 is 17.9 Å². The Balaban J connectivity index is 2.51. The molecule has 86 valence electrons. The fraction of sp³-hybridized carbons (Fsp3) is 0.0714. The van der Waals surface area contributed by atoms with E-state index in [9.17, 15) is 9.18 Å². The number of aldehydes is 1. The van der Waals surface area contributed by atoms with Crippen molar-refractivity contribution in [3.8, 4) is 0 Å². The third-order valence-corrected chi connectivity index (χ3v) is 3.15. The van der Waals surface area contributed by atoms with Crippen LogP contribution in [-0.4, -0.2) is 6.29 Å². The molecule has 0 aliphatic rings. The number of rotatable bonds is 3. The van der Waals surface area contributed by atoms with Crippen LogP contribution >= 0.6 is 11.6 Å². The highest BCUT2D eigenvalue weighted by Gasteiger charge is 2.31. The van der Waals surface area contributed by atoms with E-state index < -0.39 is 4.87 Å². The lowest BCUT2D eigenvalue weighted by molar-refractivity contribution is -0.109. The third-order valence-electron chi connectivity index (χ3n) is 2.62. The van der Waals surface area contributed by atoms with E-state index >= 15 is 0 Å². The van der Waals surface area contributed by atoms with Crippen LogP contribution in [0.4, 0.5) is 4.39 Å². The average molecular weight is 249 g/mol. The van der Waals surface area contributed by atoms with Gasteiger partial charge in [0.15, 0.2) is 0 Å². The van der Waals surface area contributed by atoms with Crippen molar-refractivity contribution in [1.82, 2.24) is 0 Å². The van der Waals surface area contributed by atoms with Crippen molar-refractivity contribution in [3.05, 3.63) is 71.5 Å². The van der Waals surface area contributed by atoms with Gasteiger partial charge in [-0.1, -0.05) is 42.5 Å². The zero-order valence-corrected chi connectivity index (χ0v) is 9.69. The maximum Gasteiger partial charge on any atom is 0.149 e. The molecule has 2 rings (SSSR count). The fourth-order valence-electron chi connectivity index (χ4n) is 1.68. The summed E-state index contributed by atoms with van der Waals surface area (Å²) in [5.41, 5.74) is 1.23. The van der Waals surface area contributed by atoms with Gasteiger partial charge < -0.3 is 4.79 Å². The number of hydrogen-bond acceptors (Lipinski definition) is 1. The Kier molecular flexibility index (Phi) is 3.25. The van der Waals surface area contributed by atoms with Gasteiger partial charge in [0.2, 0.25) is 0 Å². The van der Waals surface area contributed by atoms with Gasteiger partial charge in [0.1, 0.15) is 17.0 Å². The minimum absolute atomic E-state index is 0.355. The third kappa shape index (κ3) is 2.22. The van der Waals surface area contributed by atoms with Gasteiger partial charge in [-0.2, -0.15) is 0 Å². The quantitative estimate of drug-likeness (QED) is 0.600. The molecule has 2 aromatic carbocycles. The molecular weight excluding hydrogens is 239 g/mol. The van der Waals surface area contributed by atoms with E-state index in [1.165, 1.54) is 24.3 Å². The van der Waals surface area contributed by atoms with Crippen LogP contribution in [0, 0.1) is 5.82 Å². The van der Waals surface area contributed by atoms with Gasteiger partial charge >= 0.3 is 0 Å². The van der Waals surface area contributed by atoms with Gasteiger partial charge in [0, 0.05) is 0 Å². The SMILES string of the molecule is O=CC(Cl)(c1ccccc1)c1ccc(F)cc1. The second kappa shape index (κ2) is 4.68. The smallest absolute Gasteiger partial charge is 0.149 e. The molecule has 3 heteroatoms. The second-order valence-corrected chi connectivity index (χ2v) is 4.30. The van der Waals surface area contributed by atoms with E-state index in [-0.39, 0.29) is 5.82 Å². The maximum absolute atomic E-state index is 12.8. The van der Waals surface area contributed by atoms with Crippen molar-refractivity contribution in [2.45, 2.75) is 4.87 Å². The number of benzene rings is 2. The van der Waals surface area contributed by atoms with Gasteiger partial charge in [-0.05, 0) is 23.3 Å². The summed E-state index contributed by atoms with van der Waals surface area (Å²) in [5, 5.41) is 0. The summed E-state index contributed by atoms with van der Waals surface area (Å²) in [6.45, 7) is 0. The van der Waals surface area contributed by atoms with Crippen LogP contribution in [0.2, 0.25) is 0 Å². The molecule has 1 nitrogen and oxygen atoms in total. The molecule has 0 fully saturated rings. The molecule has 0 bridgehead atoms. The highest BCUT2D eigenvalue weighted by Crippen LogP contribution is 2.34. The Labute approximate surface area is 104 Å². The van der Waals surface area contributed by atoms with Crippen molar-refractivity contribution in [2.24, 2.45) is 0 Å². The molecule has 2 aromatic rings. The zero-order chi connectivity index (χ0) is 12.3. The van der Waals surface area contributed by atoms with Crippen molar-refractivity contribution < 1.29 is 9.18 Å². The molecule has 0 aliphatic carbocycles. The molecule has 0 spiro atoms. The summed E-state index contributed by atoms with van der Waals surface area (Å²) >= 11 is 6.34. The van der Waals surface area contributed by atoms with Crippen molar-refractivity contribution in [3.63, 3.8) is 0 Å². The predicted octanol–water partition coefficient (Wildman–Crippen LogP) is 3.51. The van der Waals surface area contributed by atoms with Crippen LogP contribution < -0.4 is 0 Å². The minimum Gasteiger partial charge on any atom is -0.301 e. The van der Waals surface area contributed by atoms with E-state index in [1.54, 1.807) is 24.3 Å². The number of carbonyl (C=O) groups is 1. The number of carbonyl (C=O) groups excluding carboxylic acids is 1. The lowest BCUT2D eigenvalue weighted by atomic mass is 9.92. The van der Waals surface area contributed by atoms with Gasteiger partial charge in [0.05, 0.1) is 0 Å². The van der Waals surface area contributed by atoms with Crippen LogP contribution in [0.5, 0.6) is 0 Å². The van der Waals surface area contributed by atoms with Crippen molar-refractivity contribution in [2.75, 3.05) is 0 Å². The standard InChI is InChI=1S/C14H10ClFO/c15-14(10-17,11-4-2-1-3-5-11)12-6-8-13(16)9-7-12/h1-10H. The normalized spacial score (nSPS) is 14.0. The van der Waals surface area contributed by atoms with Crippen LogP contribution in [-0.2, 0) is 9.67 Å². The second-order valence-electron chi connectivity index (χ2n) is 3.70. The Morgan fingerprint density at radius 1 is 0.941 bits per heavy atom. The molecule has 0 aromatic heterocycles. The van der Waals surface area contributed by atoms with Gasteiger partial charge in [-0.3, -0.25) is 0 Å². The molecule has 0 N–H and O–H groups in total. The first-order valence-electron chi connectivity index (χ1n) is 5.13. The molecule has 1 unspecified atom stereocenters. The highest BCUT2D eigenvalue weighted by atomic mass is 35.5. The molecule has 0 amide bonds. The Morgan fingerprint density at radius 2 is 1.47 bits per heavy atom. The van der Waals surface area contributed by atoms with E-state index in [0.29, 0.717) is 17.4 Å². The van der Waals surface area contributed by atoms with E-state index in [2.05, 4.69) is 0 Å². The lowest BCUT2D eigenvalue weighted by Gasteiger charge is -2.21.